The maximum Gasteiger partial charge on any atom is 0.122 e. The van der Waals surface area contributed by atoms with E-state index in [1.54, 1.807) is 7.11 Å². The number of methoxy groups -OCH3 is 1. The van der Waals surface area contributed by atoms with E-state index in [-0.39, 0.29) is 6.04 Å². The highest BCUT2D eigenvalue weighted by Crippen LogP contribution is 2.33. The molecule has 0 saturated carbocycles. The van der Waals surface area contributed by atoms with Gasteiger partial charge in [0.2, 0.25) is 0 Å². The minimum absolute atomic E-state index is 0.277. The number of nitrogens with two attached hydrogens (primary N) is 1. The summed E-state index contributed by atoms with van der Waals surface area (Å²) < 4.78 is 5.50. The second kappa shape index (κ2) is 7.42. The van der Waals surface area contributed by atoms with Crippen LogP contribution in [0.3, 0.4) is 0 Å². The molecule has 0 aliphatic heterocycles. The molecule has 0 spiro atoms. The number of hydrogen-bond acceptors (Lipinski definition) is 2. The lowest BCUT2D eigenvalue weighted by Gasteiger charge is -2.20. The Morgan fingerprint density at radius 1 is 1.22 bits per heavy atom. The van der Waals surface area contributed by atoms with Gasteiger partial charge in [-0.2, -0.15) is 0 Å². The van der Waals surface area contributed by atoms with E-state index in [0.717, 1.165) is 31.4 Å². The number of aryl methyl sites for hydroxylation is 1. The molecule has 1 aromatic rings. The minimum Gasteiger partial charge on any atom is -0.496 e. The zero-order chi connectivity index (χ0) is 13.5. The molecule has 2 atom stereocenters. The smallest absolute Gasteiger partial charge is 0.122 e. The van der Waals surface area contributed by atoms with Crippen LogP contribution in [0, 0.1) is 0 Å². The Morgan fingerprint density at radius 2 is 1.94 bits per heavy atom. The molecule has 0 radical (unpaired) electrons. The van der Waals surface area contributed by atoms with Crippen molar-refractivity contribution in [1.29, 1.82) is 0 Å². The highest BCUT2D eigenvalue weighted by Gasteiger charge is 2.15. The van der Waals surface area contributed by atoms with E-state index in [1.807, 2.05) is 0 Å². The first-order valence-corrected chi connectivity index (χ1v) is 7.04. The topological polar surface area (TPSA) is 35.2 Å². The van der Waals surface area contributed by atoms with Gasteiger partial charge in [0.1, 0.15) is 5.75 Å². The Hall–Kier alpha value is -1.02. The van der Waals surface area contributed by atoms with Crippen LogP contribution in [-0.2, 0) is 6.42 Å². The summed E-state index contributed by atoms with van der Waals surface area (Å²) in [6.07, 6.45) is 4.41. The van der Waals surface area contributed by atoms with Crippen LogP contribution >= 0.6 is 0 Å². The summed E-state index contributed by atoms with van der Waals surface area (Å²) in [6, 6.07) is 6.83. The zero-order valence-corrected chi connectivity index (χ0v) is 12.2. The third kappa shape index (κ3) is 4.02. The molecule has 0 aromatic heterocycles. The van der Waals surface area contributed by atoms with Crippen LogP contribution in [-0.4, -0.2) is 13.2 Å². The van der Waals surface area contributed by atoms with Crippen molar-refractivity contribution >= 4 is 0 Å². The van der Waals surface area contributed by atoms with Crippen molar-refractivity contribution in [3.8, 4) is 5.75 Å². The number of hydrogen-bond donors (Lipinski definition) is 1. The summed E-state index contributed by atoms with van der Waals surface area (Å²) in [5.41, 5.74) is 8.60. The van der Waals surface area contributed by atoms with Crippen LogP contribution in [0.5, 0.6) is 5.75 Å². The van der Waals surface area contributed by atoms with E-state index in [0.29, 0.717) is 5.92 Å². The summed E-state index contributed by atoms with van der Waals surface area (Å²) in [7, 11) is 1.75. The first-order chi connectivity index (χ1) is 8.62. The zero-order valence-electron chi connectivity index (χ0n) is 12.2. The molecular weight excluding hydrogens is 222 g/mol. The Kier molecular flexibility index (Phi) is 6.20. The van der Waals surface area contributed by atoms with E-state index in [1.165, 1.54) is 11.1 Å². The Labute approximate surface area is 112 Å². The van der Waals surface area contributed by atoms with Crippen LogP contribution in [0.25, 0.3) is 0 Å². The van der Waals surface area contributed by atoms with E-state index < -0.39 is 0 Å². The van der Waals surface area contributed by atoms with Crippen LogP contribution in [0.2, 0.25) is 0 Å². The van der Waals surface area contributed by atoms with E-state index in [9.17, 15) is 0 Å². The molecule has 2 heteroatoms. The molecule has 2 unspecified atom stereocenters. The number of rotatable bonds is 7. The molecule has 0 amide bonds. The predicted molar refractivity (Wildman–Crippen MR) is 78.3 cm³/mol. The summed E-state index contributed by atoms with van der Waals surface area (Å²) in [6.45, 7) is 6.50. The molecule has 0 bridgehead atoms. The predicted octanol–water partition coefficient (Wildman–Crippen LogP) is 3.88. The Morgan fingerprint density at radius 3 is 2.44 bits per heavy atom. The highest BCUT2D eigenvalue weighted by molar-refractivity contribution is 5.39. The fraction of sp³-hybridized carbons (Fsp3) is 0.625. The first-order valence-electron chi connectivity index (χ1n) is 7.04. The first kappa shape index (κ1) is 15.0. The summed E-state index contributed by atoms with van der Waals surface area (Å²) in [5, 5.41) is 0. The van der Waals surface area contributed by atoms with Gasteiger partial charge in [-0.3, -0.25) is 0 Å². The molecule has 18 heavy (non-hydrogen) atoms. The Balaban J connectivity index is 2.94. The molecule has 0 aliphatic carbocycles. The normalized spacial score (nSPS) is 14.3. The average Bonchev–Trinajstić information content (AvgIpc) is 2.38. The van der Waals surface area contributed by atoms with Crippen molar-refractivity contribution in [3.05, 3.63) is 29.3 Å². The molecule has 102 valence electrons. The molecule has 0 fully saturated rings. The SMILES string of the molecule is CCc1ccc(OC)c(C(CC)CCC(C)N)c1. The van der Waals surface area contributed by atoms with Crippen LogP contribution < -0.4 is 10.5 Å². The van der Waals surface area contributed by atoms with Gasteiger partial charge in [-0.15, -0.1) is 0 Å². The van der Waals surface area contributed by atoms with Crippen molar-refractivity contribution in [2.75, 3.05) is 7.11 Å². The lowest BCUT2D eigenvalue weighted by atomic mass is 9.88. The average molecular weight is 249 g/mol. The van der Waals surface area contributed by atoms with Crippen LogP contribution in [0.4, 0.5) is 0 Å². The Bertz CT molecular complexity index is 360. The highest BCUT2D eigenvalue weighted by atomic mass is 16.5. The molecule has 2 nitrogen and oxygen atoms in total. The van der Waals surface area contributed by atoms with Crippen LogP contribution in [0.15, 0.2) is 18.2 Å². The van der Waals surface area contributed by atoms with Gasteiger partial charge in [-0.05, 0) is 55.7 Å². The van der Waals surface area contributed by atoms with Crippen LogP contribution in [0.1, 0.15) is 57.1 Å². The van der Waals surface area contributed by atoms with Gasteiger partial charge in [0, 0.05) is 6.04 Å². The molecule has 1 rings (SSSR count). The maximum absolute atomic E-state index is 5.87. The fourth-order valence-corrected chi connectivity index (χ4v) is 2.37. The van der Waals surface area contributed by atoms with Gasteiger partial charge < -0.3 is 10.5 Å². The second-order valence-electron chi connectivity index (χ2n) is 5.09. The standard InChI is InChI=1S/C16H27NO/c1-5-13-8-10-16(18-4)15(11-13)14(6-2)9-7-12(3)17/h8,10-12,14H,5-7,9,17H2,1-4H3. The minimum atomic E-state index is 0.277. The molecule has 2 N–H and O–H groups in total. The third-order valence-electron chi connectivity index (χ3n) is 3.61. The quantitative estimate of drug-likeness (QED) is 0.796. The molecule has 1 aromatic carbocycles. The van der Waals surface area contributed by atoms with Gasteiger partial charge >= 0.3 is 0 Å². The second-order valence-corrected chi connectivity index (χ2v) is 5.09. The lowest BCUT2D eigenvalue weighted by molar-refractivity contribution is 0.400. The number of benzene rings is 1. The van der Waals surface area contributed by atoms with Gasteiger partial charge in [0.15, 0.2) is 0 Å². The van der Waals surface area contributed by atoms with Gasteiger partial charge in [0.25, 0.3) is 0 Å². The van der Waals surface area contributed by atoms with E-state index in [2.05, 4.69) is 39.0 Å². The summed E-state index contributed by atoms with van der Waals surface area (Å²) in [5.74, 6) is 1.57. The van der Waals surface area contributed by atoms with Gasteiger partial charge in [-0.25, -0.2) is 0 Å². The summed E-state index contributed by atoms with van der Waals surface area (Å²) >= 11 is 0. The maximum atomic E-state index is 5.87. The molecule has 0 aliphatic rings. The van der Waals surface area contributed by atoms with Crippen molar-refractivity contribution < 1.29 is 4.74 Å². The largest absolute Gasteiger partial charge is 0.496 e. The van der Waals surface area contributed by atoms with E-state index in [4.69, 9.17) is 10.5 Å². The van der Waals surface area contributed by atoms with Crippen molar-refractivity contribution in [2.24, 2.45) is 5.73 Å². The van der Waals surface area contributed by atoms with Crippen molar-refractivity contribution in [1.82, 2.24) is 0 Å². The van der Waals surface area contributed by atoms with E-state index >= 15 is 0 Å². The number of ether oxygens (including phenoxy) is 1. The molecule has 0 heterocycles. The summed E-state index contributed by atoms with van der Waals surface area (Å²) in [4.78, 5) is 0. The van der Waals surface area contributed by atoms with Gasteiger partial charge in [0.05, 0.1) is 7.11 Å². The third-order valence-corrected chi connectivity index (χ3v) is 3.61. The van der Waals surface area contributed by atoms with Crippen molar-refractivity contribution in [3.63, 3.8) is 0 Å². The molecular formula is C16H27NO. The monoisotopic (exact) mass is 249 g/mol. The fourth-order valence-electron chi connectivity index (χ4n) is 2.37. The lowest BCUT2D eigenvalue weighted by Crippen LogP contribution is -2.16. The van der Waals surface area contributed by atoms with Crippen molar-refractivity contribution in [2.45, 2.75) is 58.4 Å². The van der Waals surface area contributed by atoms with Gasteiger partial charge in [-0.1, -0.05) is 26.0 Å². The molecule has 0 saturated heterocycles.